The Morgan fingerprint density at radius 3 is 2.64 bits per heavy atom. The molecule has 0 bridgehead atoms. The lowest BCUT2D eigenvalue weighted by Crippen LogP contribution is -2.23. The molecule has 1 saturated carbocycles. The van der Waals surface area contributed by atoms with E-state index < -0.39 is 0 Å². The van der Waals surface area contributed by atoms with E-state index in [-0.39, 0.29) is 0 Å². The van der Waals surface area contributed by atoms with Gasteiger partial charge in [-0.15, -0.1) is 0 Å². The van der Waals surface area contributed by atoms with Crippen LogP contribution in [0.5, 0.6) is 5.88 Å². The number of nitrogens with zero attached hydrogens (tertiary/aromatic N) is 2. The molecule has 1 aliphatic rings. The molecule has 0 aromatic carbocycles. The fraction of sp³-hybridized carbons (Fsp3) is 0.636. The Morgan fingerprint density at radius 2 is 2.00 bits per heavy atom. The minimum absolute atomic E-state index is 0.350. The molecule has 0 unspecified atom stereocenters. The quantitative estimate of drug-likeness (QED) is 0.721. The van der Waals surface area contributed by atoms with E-state index in [4.69, 9.17) is 4.74 Å². The third-order valence-electron chi connectivity index (χ3n) is 2.79. The van der Waals surface area contributed by atoms with Gasteiger partial charge in [0.05, 0.1) is 6.20 Å². The van der Waals surface area contributed by atoms with Gasteiger partial charge in [-0.1, -0.05) is 6.92 Å². The Hall–Kier alpha value is -1.12. The lowest BCUT2D eigenvalue weighted by atomic mass is 9.89. The van der Waals surface area contributed by atoms with Gasteiger partial charge in [-0.3, -0.25) is 4.98 Å². The molecule has 1 fully saturated rings. The van der Waals surface area contributed by atoms with E-state index in [2.05, 4.69) is 16.9 Å². The van der Waals surface area contributed by atoms with Crippen molar-refractivity contribution in [3.63, 3.8) is 0 Å². The van der Waals surface area contributed by atoms with Gasteiger partial charge in [0, 0.05) is 12.4 Å². The number of hydrogen-bond donors (Lipinski definition) is 0. The van der Waals surface area contributed by atoms with E-state index >= 15 is 0 Å². The highest BCUT2D eigenvalue weighted by Gasteiger charge is 2.19. The van der Waals surface area contributed by atoms with Crippen molar-refractivity contribution in [1.82, 2.24) is 9.97 Å². The highest BCUT2D eigenvalue weighted by Crippen LogP contribution is 2.25. The van der Waals surface area contributed by atoms with E-state index in [1.165, 1.54) is 12.8 Å². The summed E-state index contributed by atoms with van der Waals surface area (Å²) in [7, 11) is 0. The zero-order valence-electron chi connectivity index (χ0n) is 8.52. The monoisotopic (exact) mass is 192 g/mol. The summed E-state index contributed by atoms with van der Waals surface area (Å²) >= 11 is 0. The smallest absolute Gasteiger partial charge is 0.232 e. The van der Waals surface area contributed by atoms with Crippen molar-refractivity contribution in [3.05, 3.63) is 18.6 Å². The molecule has 0 radical (unpaired) electrons. The van der Waals surface area contributed by atoms with Crippen molar-refractivity contribution in [2.45, 2.75) is 38.7 Å². The van der Waals surface area contributed by atoms with Crippen LogP contribution >= 0.6 is 0 Å². The Morgan fingerprint density at radius 1 is 1.21 bits per heavy atom. The van der Waals surface area contributed by atoms with Crippen LogP contribution in [0.15, 0.2) is 18.6 Å². The highest BCUT2D eigenvalue weighted by molar-refractivity contribution is 5.02. The van der Waals surface area contributed by atoms with Gasteiger partial charge in [0.2, 0.25) is 5.88 Å². The molecule has 0 spiro atoms. The van der Waals surface area contributed by atoms with Gasteiger partial charge in [-0.2, -0.15) is 0 Å². The van der Waals surface area contributed by atoms with E-state index in [1.54, 1.807) is 18.6 Å². The lowest BCUT2D eigenvalue weighted by Gasteiger charge is -2.26. The molecular formula is C11H16N2O. The second-order valence-corrected chi connectivity index (χ2v) is 4.04. The molecule has 1 heterocycles. The Bertz CT molecular complexity index is 268. The predicted molar refractivity (Wildman–Crippen MR) is 54.1 cm³/mol. The van der Waals surface area contributed by atoms with Gasteiger partial charge in [0.15, 0.2) is 0 Å². The van der Waals surface area contributed by atoms with Crippen LogP contribution in [-0.4, -0.2) is 16.1 Å². The number of aromatic nitrogens is 2. The number of ether oxygens (including phenoxy) is 1. The summed E-state index contributed by atoms with van der Waals surface area (Å²) in [6.07, 6.45) is 10.2. The Balaban J connectivity index is 1.87. The molecule has 0 amide bonds. The summed E-state index contributed by atoms with van der Waals surface area (Å²) < 4.78 is 5.73. The minimum atomic E-state index is 0.350. The van der Waals surface area contributed by atoms with Crippen LogP contribution in [0.25, 0.3) is 0 Å². The first-order chi connectivity index (χ1) is 6.84. The van der Waals surface area contributed by atoms with Crippen LogP contribution in [-0.2, 0) is 0 Å². The van der Waals surface area contributed by atoms with Crippen LogP contribution < -0.4 is 4.74 Å². The van der Waals surface area contributed by atoms with E-state index in [1.807, 2.05) is 0 Å². The first kappa shape index (κ1) is 9.44. The molecule has 3 heteroatoms. The van der Waals surface area contributed by atoms with Gasteiger partial charge in [0.25, 0.3) is 0 Å². The van der Waals surface area contributed by atoms with Crippen molar-refractivity contribution in [3.8, 4) is 5.88 Å². The Kier molecular flexibility index (Phi) is 2.96. The standard InChI is InChI=1S/C11H16N2O/c1-9-2-4-10(5-3-9)14-11-8-12-6-7-13-11/h6-10H,2-5H2,1H3/t9-,10-. The first-order valence-corrected chi connectivity index (χ1v) is 5.27. The highest BCUT2D eigenvalue weighted by atomic mass is 16.5. The molecule has 76 valence electrons. The average Bonchev–Trinajstić information content (AvgIpc) is 2.23. The molecule has 3 nitrogen and oxygen atoms in total. The number of hydrogen-bond acceptors (Lipinski definition) is 3. The van der Waals surface area contributed by atoms with Crippen molar-refractivity contribution in [1.29, 1.82) is 0 Å². The van der Waals surface area contributed by atoms with Gasteiger partial charge < -0.3 is 4.74 Å². The molecule has 14 heavy (non-hydrogen) atoms. The van der Waals surface area contributed by atoms with E-state index in [0.717, 1.165) is 18.8 Å². The van der Waals surface area contributed by atoms with E-state index in [0.29, 0.717) is 12.0 Å². The zero-order valence-corrected chi connectivity index (χ0v) is 8.52. The summed E-state index contributed by atoms with van der Waals surface area (Å²) in [6, 6.07) is 0. The second-order valence-electron chi connectivity index (χ2n) is 4.04. The largest absolute Gasteiger partial charge is 0.473 e. The molecule has 0 aliphatic heterocycles. The third kappa shape index (κ3) is 2.44. The van der Waals surface area contributed by atoms with Gasteiger partial charge in [-0.25, -0.2) is 4.98 Å². The molecule has 0 N–H and O–H groups in total. The maximum Gasteiger partial charge on any atom is 0.232 e. The molecule has 2 rings (SSSR count). The number of rotatable bonds is 2. The zero-order chi connectivity index (χ0) is 9.80. The van der Waals surface area contributed by atoms with Crippen molar-refractivity contribution in [2.24, 2.45) is 5.92 Å². The third-order valence-corrected chi connectivity index (χ3v) is 2.79. The van der Waals surface area contributed by atoms with Gasteiger partial charge in [-0.05, 0) is 31.6 Å². The summed E-state index contributed by atoms with van der Waals surface area (Å²) in [6.45, 7) is 2.30. The Labute approximate surface area is 84.5 Å². The lowest BCUT2D eigenvalue weighted by molar-refractivity contribution is 0.129. The molecule has 1 aromatic heterocycles. The van der Waals surface area contributed by atoms with Crippen LogP contribution in [0.3, 0.4) is 0 Å². The molecule has 1 aromatic rings. The van der Waals surface area contributed by atoms with Gasteiger partial charge >= 0.3 is 0 Å². The summed E-state index contributed by atoms with van der Waals surface area (Å²) in [5, 5.41) is 0. The topological polar surface area (TPSA) is 35.0 Å². The summed E-state index contributed by atoms with van der Waals surface area (Å²) in [5.74, 6) is 1.52. The van der Waals surface area contributed by atoms with Crippen molar-refractivity contribution < 1.29 is 4.74 Å². The van der Waals surface area contributed by atoms with Crippen molar-refractivity contribution >= 4 is 0 Å². The summed E-state index contributed by atoms with van der Waals surface area (Å²) in [4.78, 5) is 8.08. The van der Waals surface area contributed by atoms with Crippen LogP contribution in [0.4, 0.5) is 0 Å². The predicted octanol–water partition coefficient (Wildman–Crippen LogP) is 2.43. The molecule has 1 aliphatic carbocycles. The summed E-state index contributed by atoms with van der Waals surface area (Å²) in [5.41, 5.74) is 0. The van der Waals surface area contributed by atoms with E-state index in [9.17, 15) is 0 Å². The first-order valence-electron chi connectivity index (χ1n) is 5.27. The van der Waals surface area contributed by atoms with Gasteiger partial charge in [0.1, 0.15) is 6.10 Å². The van der Waals surface area contributed by atoms with Crippen LogP contribution in [0.2, 0.25) is 0 Å². The normalized spacial score (nSPS) is 27.2. The van der Waals surface area contributed by atoms with Crippen LogP contribution in [0.1, 0.15) is 32.6 Å². The maximum absolute atomic E-state index is 5.73. The average molecular weight is 192 g/mol. The minimum Gasteiger partial charge on any atom is -0.473 e. The maximum atomic E-state index is 5.73. The SMILES string of the molecule is C[C@H]1CC[C@H](Oc2cnccn2)CC1. The molecule has 0 saturated heterocycles. The fourth-order valence-electron chi connectivity index (χ4n) is 1.86. The van der Waals surface area contributed by atoms with Crippen LogP contribution in [0, 0.1) is 5.92 Å². The van der Waals surface area contributed by atoms with Crippen molar-refractivity contribution in [2.75, 3.05) is 0 Å². The molecular weight excluding hydrogens is 176 g/mol. The second kappa shape index (κ2) is 4.40. The molecule has 0 atom stereocenters. The fourth-order valence-corrected chi connectivity index (χ4v) is 1.86.